The molecule has 1 fully saturated rings. The number of hydrogen-bond acceptors (Lipinski definition) is 9. The van der Waals surface area contributed by atoms with Crippen LogP contribution >= 0.6 is 0 Å². The molecule has 0 bridgehead atoms. The third-order valence-electron chi connectivity index (χ3n) is 15.4. The number of terminal acetylenes is 1. The van der Waals surface area contributed by atoms with E-state index in [9.17, 15) is 9.59 Å². The van der Waals surface area contributed by atoms with Crippen LogP contribution in [0.15, 0.2) is 24.3 Å². The first kappa shape index (κ1) is 80.4. The Kier molecular flexibility index (Phi) is 50.6. The first-order valence-corrected chi connectivity index (χ1v) is 33.3. The maximum Gasteiger partial charge on any atom is 0.493 e. The van der Waals surface area contributed by atoms with Crippen LogP contribution in [0, 0.1) is 125 Å². The first-order valence-electron chi connectivity index (χ1n) is 33.3. The minimum absolute atomic E-state index is 0. The fourth-order valence-corrected chi connectivity index (χ4v) is 9.97. The maximum atomic E-state index is 13.5. The lowest BCUT2D eigenvalue weighted by Gasteiger charge is -2.36. The standard InChI is InChI=1S/C76H107BNO9.BrH.18H2/c1-9-13-16-19-22-25-28-31-34-35-38-40-43-46-49-52-60-82-72-56-54-71(55-57-72)77-86-67-76(6,68-87-77)66-85-74(79)69(5)63-70(12-4)75(80)84-62-58-78(7,8)64-73(83-61-53-50-47-44-41-37-33-30-27-24-21-18-15-11-3)65-81-59-51-48-45-42-39-36-32-29-26-23-20-17-14-10-2;;;;;;;;;;;;;;;;;;;/h1,54-57,69-70,73H,10-12,14-15,17-18,20-21,23-24,26-27,29-30,32-33,36-37,39,41-42,44-45,47-48,50-51,53,58-59,61-68H2,2-8H3;19*1H/q+1;;;;;;;;;;;;;;;;;;;/p-1. The van der Waals surface area contributed by atoms with Crippen LogP contribution in [0.3, 0.4) is 0 Å². The number of esters is 2. The van der Waals surface area contributed by atoms with Gasteiger partial charge in [0.1, 0.15) is 44.3 Å². The van der Waals surface area contributed by atoms with E-state index < -0.39 is 24.4 Å². The highest BCUT2D eigenvalue weighted by atomic mass is 79.9. The predicted octanol–water partition coefficient (Wildman–Crippen LogP) is 15.4. The van der Waals surface area contributed by atoms with Crippen molar-refractivity contribution in [2.45, 2.75) is 233 Å². The van der Waals surface area contributed by atoms with Crippen molar-refractivity contribution in [3.63, 3.8) is 0 Å². The van der Waals surface area contributed by atoms with Gasteiger partial charge in [0.15, 0.2) is 0 Å². The molecule has 0 aromatic heterocycles. The van der Waals surface area contributed by atoms with E-state index in [1.54, 1.807) is 12.1 Å². The quantitative estimate of drug-likeness (QED) is 0.0208. The third kappa shape index (κ3) is 44.7. The number of carbonyl (C=O) groups excluding carboxylic acids is 2. The van der Waals surface area contributed by atoms with Crippen molar-refractivity contribution >= 4 is 24.5 Å². The molecule has 0 radical (unpaired) electrons. The van der Waals surface area contributed by atoms with Gasteiger partial charge in [-0.05, 0) is 90.6 Å². The van der Waals surface area contributed by atoms with Gasteiger partial charge < -0.3 is 54.5 Å². The molecular formula is C76H143BBrNO9. The molecule has 1 saturated heterocycles. The SMILES string of the molecule is C#CC#CC#CC#CC#CC#CC#CC#CC#COc1ccc(B2OCC(C)(COC(=O)C(C)CC(CC)C(=O)OCC[N+](C)(C)CC(COCCCCCCCCCCCCCCCC)OCCCCCCCCCCCCCCCC)CO2)cc1.[Br-].[HH].[HH].[HH].[HH].[HH].[HH].[HH].[HH].[HH].[HH].[HH].[HH].[HH].[HH].[HH].[HH].[HH].[HH]. The van der Waals surface area contributed by atoms with Crippen LogP contribution < -0.4 is 27.2 Å². The van der Waals surface area contributed by atoms with E-state index in [-0.39, 0.29) is 73.9 Å². The Bertz CT molecular complexity index is 2680. The molecule has 3 unspecified atom stereocenters. The minimum Gasteiger partial charge on any atom is -1.00 e. The molecule has 516 valence electrons. The van der Waals surface area contributed by atoms with E-state index in [2.05, 4.69) is 129 Å². The van der Waals surface area contributed by atoms with Crippen molar-refractivity contribution in [2.24, 2.45) is 17.3 Å². The summed E-state index contributed by atoms with van der Waals surface area (Å²) in [6.45, 7) is 14.8. The molecule has 10 nitrogen and oxygen atoms in total. The Hall–Kier alpha value is -5.66. The van der Waals surface area contributed by atoms with Crippen LogP contribution in [0.5, 0.6) is 5.75 Å². The molecule has 88 heavy (non-hydrogen) atoms. The minimum atomic E-state index is -0.597. The molecule has 0 spiro atoms. The number of unbranched alkanes of at least 4 members (excludes halogenated alkanes) is 26. The largest absolute Gasteiger partial charge is 1.00 e. The van der Waals surface area contributed by atoms with Gasteiger partial charge >= 0.3 is 19.1 Å². The fraction of sp³-hybridized carbons (Fsp3) is 0.658. The Morgan fingerprint density at radius 1 is 0.580 bits per heavy atom. The number of carbonyl (C=O) groups is 2. The van der Waals surface area contributed by atoms with Crippen LogP contribution in [0.1, 0.15) is 253 Å². The Morgan fingerprint density at radius 2 is 1.00 bits per heavy atom. The zero-order chi connectivity index (χ0) is 63.0. The van der Waals surface area contributed by atoms with Crippen LogP contribution in [0.4, 0.5) is 0 Å². The van der Waals surface area contributed by atoms with Crippen molar-refractivity contribution in [1.29, 1.82) is 0 Å². The zero-order valence-corrected chi connectivity index (χ0v) is 56.9. The second-order valence-electron chi connectivity index (χ2n) is 24.2. The topological polar surface area (TPSA) is 98.8 Å². The molecule has 2 rings (SSSR count). The van der Waals surface area contributed by atoms with Gasteiger partial charge in [-0.25, -0.2) is 0 Å². The lowest BCUT2D eigenvalue weighted by molar-refractivity contribution is -0.893. The average molecular weight is 1310 g/mol. The summed E-state index contributed by atoms with van der Waals surface area (Å²) in [5.41, 5.74) is 0.248. The van der Waals surface area contributed by atoms with E-state index in [0.29, 0.717) is 49.4 Å². The van der Waals surface area contributed by atoms with Crippen LogP contribution in [0.25, 0.3) is 0 Å². The molecule has 3 atom stereocenters. The monoisotopic (exact) mass is 1300 g/mol. The Labute approximate surface area is 573 Å². The zero-order valence-electron chi connectivity index (χ0n) is 55.3. The summed E-state index contributed by atoms with van der Waals surface area (Å²) >= 11 is 0. The van der Waals surface area contributed by atoms with Gasteiger partial charge in [-0.15, -0.1) is 6.42 Å². The number of hydrogen-bond donors (Lipinski definition) is 0. The molecule has 1 heterocycles. The number of benzene rings is 1. The Morgan fingerprint density at radius 3 is 1.44 bits per heavy atom. The van der Waals surface area contributed by atoms with Gasteiger partial charge in [-0.1, -0.05) is 214 Å². The van der Waals surface area contributed by atoms with Crippen molar-refractivity contribution < 1.29 is 89.7 Å². The van der Waals surface area contributed by atoms with Gasteiger partial charge in [0, 0.05) is 105 Å². The van der Waals surface area contributed by atoms with Crippen molar-refractivity contribution in [3.05, 3.63) is 24.3 Å². The number of likely N-dealkylation sites (N-methyl/N-ethyl adjacent to an activating group) is 1. The summed E-state index contributed by atoms with van der Waals surface area (Å²) < 4.78 is 42.9. The highest BCUT2D eigenvalue weighted by molar-refractivity contribution is 6.61. The summed E-state index contributed by atoms with van der Waals surface area (Å²) in [5.74, 6) is 38.8. The summed E-state index contributed by atoms with van der Waals surface area (Å²) in [6.07, 6.45) is 45.8. The van der Waals surface area contributed by atoms with Gasteiger partial charge in [-0.3, -0.25) is 9.59 Å². The molecule has 0 aliphatic carbocycles. The summed E-state index contributed by atoms with van der Waals surface area (Å²) in [7, 11) is 3.74. The van der Waals surface area contributed by atoms with Gasteiger partial charge in [0.25, 0.3) is 0 Å². The van der Waals surface area contributed by atoms with E-state index in [1.807, 2.05) is 32.9 Å². The van der Waals surface area contributed by atoms with Gasteiger partial charge in [0.05, 0.1) is 32.5 Å². The van der Waals surface area contributed by atoms with E-state index in [0.717, 1.165) is 38.1 Å². The van der Waals surface area contributed by atoms with Crippen LogP contribution in [-0.2, 0) is 37.8 Å². The van der Waals surface area contributed by atoms with Gasteiger partial charge in [-0.2, -0.15) is 0 Å². The third-order valence-corrected chi connectivity index (χ3v) is 15.4. The van der Waals surface area contributed by atoms with E-state index in [1.165, 1.54) is 167 Å². The molecule has 1 aliphatic heterocycles. The lowest BCUT2D eigenvalue weighted by atomic mass is 9.76. The fourth-order valence-electron chi connectivity index (χ4n) is 9.97. The second-order valence-corrected chi connectivity index (χ2v) is 24.2. The van der Waals surface area contributed by atoms with Crippen LogP contribution in [-0.4, -0.2) is 103 Å². The maximum absolute atomic E-state index is 13.5. The summed E-state index contributed by atoms with van der Waals surface area (Å²) in [5, 5.41) is 0. The first-order chi connectivity index (χ1) is 42.5. The number of nitrogens with zero attached hydrogens (tertiary/aromatic N) is 1. The predicted molar refractivity (Wildman–Crippen MR) is 394 cm³/mol. The lowest BCUT2D eigenvalue weighted by Crippen LogP contribution is -3.00. The molecule has 1 aromatic rings. The molecule has 1 aliphatic rings. The van der Waals surface area contributed by atoms with E-state index in [4.69, 9.17) is 39.4 Å². The molecule has 1 aromatic carbocycles. The number of rotatable bonds is 47. The van der Waals surface area contributed by atoms with Crippen molar-refractivity contribution in [1.82, 2.24) is 0 Å². The normalized spacial score (nSPS) is 12.8. The summed E-state index contributed by atoms with van der Waals surface area (Å²) in [4.78, 5) is 26.8. The second kappa shape index (κ2) is 55.4. The summed E-state index contributed by atoms with van der Waals surface area (Å²) in [6, 6.07) is 7.18. The average Bonchev–Trinajstić information content (AvgIpc) is 0.808. The smallest absolute Gasteiger partial charge is 0.493 e. The molecular weight excluding hydrogens is 1160 g/mol. The van der Waals surface area contributed by atoms with E-state index >= 15 is 0 Å². The molecule has 0 N–H and O–H groups in total. The Balaban J connectivity index is -0.000000255. The molecule has 12 heteroatoms. The number of quaternary nitrogens is 1. The number of ether oxygens (including phenoxy) is 5. The number of halogens is 1. The molecule has 0 saturated carbocycles. The van der Waals surface area contributed by atoms with Crippen molar-refractivity contribution in [2.75, 3.05) is 73.4 Å². The highest BCUT2D eigenvalue weighted by Gasteiger charge is 2.38. The van der Waals surface area contributed by atoms with Gasteiger partial charge in [0.2, 0.25) is 0 Å². The molecule has 0 amide bonds. The highest BCUT2D eigenvalue weighted by Crippen LogP contribution is 2.26. The van der Waals surface area contributed by atoms with Crippen LogP contribution in [0.2, 0.25) is 0 Å². The van der Waals surface area contributed by atoms with Crippen molar-refractivity contribution in [3.8, 4) is 113 Å².